The second kappa shape index (κ2) is 9.53. The first-order valence-electron chi connectivity index (χ1n) is 8.82. The second-order valence-corrected chi connectivity index (χ2v) is 8.36. The number of rotatable bonds is 7. The number of hydrogen-bond acceptors (Lipinski definition) is 6. The van der Waals surface area contributed by atoms with Gasteiger partial charge >= 0.3 is 12.1 Å². The Labute approximate surface area is 180 Å². The van der Waals surface area contributed by atoms with E-state index in [1.54, 1.807) is 23.9 Å². The molecule has 3 rings (SSSR count). The minimum Gasteiger partial charge on any atom is -0.482 e. The van der Waals surface area contributed by atoms with Crippen LogP contribution in [-0.2, 0) is 21.5 Å². The molecule has 1 aromatic heterocycles. The zero-order valence-corrected chi connectivity index (χ0v) is 17.8. The van der Waals surface area contributed by atoms with Crippen LogP contribution in [0.4, 0.5) is 13.2 Å². The maximum atomic E-state index is 12.7. The molecule has 0 saturated heterocycles. The maximum Gasteiger partial charge on any atom is 0.416 e. The Kier molecular flexibility index (Phi) is 7.04. The fourth-order valence-electron chi connectivity index (χ4n) is 2.47. The number of aryl methyl sites for hydroxylation is 1. The standard InChI is InChI=1S/C21H18F3NO3S2/c1-13-18(12-29-17-9-7-16(8-10-17)28-11-19(26)27-2)30-20(25-13)14-3-5-15(6-4-14)21(22,23)24/h3-10H,11-12H2,1-2H3. The zero-order valence-electron chi connectivity index (χ0n) is 16.2. The zero-order chi connectivity index (χ0) is 21.7. The van der Waals surface area contributed by atoms with Crippen molar-refractivity contribution in [3.8, 4) is 16.3 Å². The highest BCUT2D eigenvalue weighted by molar-refractivity contribution is 7.98. The summed E-state index contributed by atoms with van der Waals surface area (Å²) < 4.78 is 48.0. The molecule has 30 heavy (non-hydrogen) atoms. The lowest BCUT2D eigenvalue weighted by molar-refractivity contribution is -0.143. The van der Waals surface area contributed by atoms with Crippen LogP contribution in [0.15, 0.2) is 53.4 Å². The van der Waals surface area contributed by atoms with Crippen molar-refractivity contribution in [1.29, 1.82) is 0 Å². The average molecular weight is 454 g/mol. The number of alkyl halides is 3. The molecule has 0 amide bonds. The van der Waals surface area contributed by atoms with Gasteiger partial charge in [-0.15, -0.1) is 23.1 Å². The predicted octanol–water partition coefficient (Wildman–Crippen LogP) is 5.98. The number of ether oxygens (including phenoxy) is 2. The molecule has 0 spiro atoms. The van der Waals surface area contributed by atoms with Crippen molar-refractivity contribution in [2.45, 2.75) is 23.7 Å². The SMILES string of the molecule is COC(=O)COc1ccc(SCc2sc(-c3ccc(C(F)(F)F)cc3)nc2C)cc1. The number of hydrogen-bond donors (Lipinski definition) is 0. The molecule has 2 aromatic carbocycles. The molecule has 0 atom stereocenters. The van der Waals surface area contributed by atoms with Crippen LogP contribution in [-0.4, -0.2) is 24.7 Å². The van der Waals surface area contributed by atoms with Crippen molar-refractivity contribution < 1.29 is 27.4 Å². The molecule has 0 N–H and O–H groups in total. The molecule has 9 heteroatoms. The summed E-state index contributed by atoms with van der Waals surface area (Å²) in [5.74, 6) is 0.813. The lowest BCUT2D eigenvalue weighted by Gasteiger charge is -2.06. The van der Waals surface area contributed by atoms with Gasteiger partial charge in [0.05, 0.1) is 18.4 Å². The molecule has 0 unspecified atom stereocenters. The van der Waals surface area contributed by atoms with Gasteiger partial charge in [0.15, 0.2) is 6.61 Å². The van der Waals surface area contributed by atoms with E-state index >= 15 is 0 Å². The number of thiazole rings is 1. The maximum absolute atomic E-state index is 12.7. The molecule has 158 valence electrons. The van der Waals surface area contributed by atoms with E-state index in [4.69, 9.17) is 4.74 Å². The Bertz CT molecular complexity index is 1000. The van der Waals surface area contributed by atoms with Gasteiger partial charge < -0.3 is 9.47 Å². The second-order valence-electron chi connectivity index (χ2n) is 6.23. The molecule has 0 aliphatic rings. The van der Waals surface area contributed by atoms with Crippen molar-refractivity contribution in [3.63, 3.8) is 0 Å². The Balaban J connectivity index is 1.61. The number of benzene rings is 2. The molecular weight excluding hydrogens is 435 g/mol. The predicted molar refractivity (Wildman–Crippen MR) is 111 cm³/mol. The topological polar surface area (TPSA) is 48.4 Å². The lowest BCUT2D eigenvalue weighted by atomic mass is 10.1. The smallest absolute Gasteiger partial charge is 0.416 e. The summed E-state index contributed by atoms with van der Waals surface area (Å²) in [4.78, 5) is 17.7. The van der Waals surface area contributed by atoms with Crippen LogP contribution in [0.2, 0.25) is 0 Å². The lowest BCUT2D eigenvalue weighted by Crippen LogP contribution is -2.12. The van der Waals surface area contributed by atoms with E-state index in [2.05, 4.69) is 9.72 Å². The van der Waals surface area contributed by atoms with Crippen molar-refractivity contribution >= 4 is 29.1 Å². The van der Waals surface area contributed by atoms with Crippen LogP contribution in [0.5, 0.6) is 5.75 Å². The van der Waals surface area contributed by atoms with E-state index in [0.29, 0.717) is 22.1 Å². The van der Waals surface area contributed by atoms with Gasteiger partial charge in [0, 0.05) is 21.1 Å². The highest BCUT2D eigenvalue weighted by Gasteiger charge is 2.30. The highest BCUT2D eigenvalue weighted by Crippen LogP contribution is 2.35. The molecule has 3 aromatic rings. The first-order valence-corrected chi connectivity index (χ1v) is 10.6. The normalized spacial score (nSPS) is 11.4. The van der Waals surface area contributed by atoms with Gasteiger partial charge in [-0.3, -0.25) is 0 Å². The Morgan fingerprint density at radius 1 is 1.10 bits per heavy atom. The summed E-state index contributed by atoms with van der Waals surface area (Å²) in [5, 5.41) is 0.698. The van der Waals surface area contributed by atoms with Gasteiger partial charge in [-0.1, -0.05) is 12.1 Å². The fourth-order valence-corrected chi connectivity index (χ4v) is 4.58. The first-order chi connectivity index (χ1) is 14.3. The van der Waals surface area contributed by atoms with Gasteiger partial charge in [-0.25, -0.2) is 9.78 Å². The van der Waals surface area contributed by atoms with Gasteiger partial charge in [-0.2, -0.15) is 13.2 Å². The molecule has 0 fully saturated rings. The third-order valence-electron chi connectivity index (χ3n) is 4.13. The molecule has 0 radical (unpaired) electrons. The monoisotopic (exact) mass is 453 g/mol. The molecule has 1 heterocycles. The van der Waals surface area contributed by atoms with Crippen molar-refractivity contribution in [1.82, 2.24) is 4.98 Å². The number of nitrogens with zero attached hydrogens (tertiary/aromatic N) is 1. The number of carbonyl (C=O) groups excluding carboxylic acids is 1. The number of thioether (sulfide) groups is 1. The van der Waals surface area contributed by atoms with Crippen LogP contribution in [0.3, 0.4) is 0 Å². The number of carbonyl (C=O) groups is 1. The summed E-state index contributed by atoms with van der Waals surface area (Å²) in [6.07, 6.45) is -4.35. The van der Waals surface area contributed by atoms with Crippen LogP contribution in [0.25, 0.3) is 10.6 Å². The summed E-state index contributed by atoms with van der Waals surface area (Å²) in [6, 6.07) is 12.4. The summed E-state index contributed by atoms with van der Waals surface area (Å²) in [6.45, 7) is 1.75. The summed E-state index contributed by atoms with van der Waals surface area (Å²) >= 11 is 3.09. The third kappa shape index (κ3) is 5.76. The quantitative estimate of drug-likeness (QED) is 0.325. The van der Waals surface area contributed by atoms with E-state index < -0.39 is 17.7 Å². The summed E-state index contributed by atoms with van der Waals surface area (Å²) in [5.41, 5.74) is 0.856. The van der Waals surface area contributed by atoms with Crippen LogP contribution < -0.4 is 4.74 Å². The molecule has 0 saturated carbocycles. The van der Waals surface area contributed by atoms with E-state index in [1.807, 2.05) is 19.1 Å². The van der Waals surface area contributed by atoms with Crippen LogP contribution >= 0.6 is 23.1 Å². The van der Waals surface area contributed by atoms with E-state index in [9.17, 15) is 18.0 Å². The minimum atomic E-state index is -4.35. The van der Waals surface area contributed by atoms with E-state index in [-0.39, 0.29) is 6.61 Å². The van der Waals surface area contributed by atoms with Gasteiger partial charge in [0.25, 0.3) is 0 Å². The molecule has 0 aliphatic carbocycles. The average Bonchev–Trinajstić information content (AvgIpc) is 3.11. The summed E-state index contributed by atoms with van der Waals surface area (Å²) in [7, 11) is 1.30. The number of aromatic nitrogens is 1. The van der Waals surface area contributed by atoms with Crippen molar-refractivity contribution in [2.75, 3.05) is 13.7 Å². The van der Waals surface area contributed by atoms with Gasteiger partial charge in [0.1, 0.15) is 10.8 Å². The fraction of sp³-hybridized carbons (Fsp3) is 0.238. The molecule has 0 aliphatic heterocycles. The Morgan fingerprint density at radius 2 is 1.77 bits per heavy atom. The highest BCUT2D eigenvalue weighted by atomic mass is 32.2. The third-order valence-corrected chi connectivity index (χ3v) is 6.56. The molecular formula is C21H18F3NO3S2. The number of halogens is 3. The Morgan fingerprint density at radius 3 is 2.37 bits per heavy atom. The Hall–Kier alpha value is -2.52. The van der Waals surface area contributed by atoms with E-state index in [0.717, 1.165) is 27.6 Å². The van der Waals surface area contributed by atoms with Crippen molar-refractivity contribution in [2.24, 2.45) is 0 Å². The van der Waals surface area contributed by atoms with Gasteiger partial charge in [0.2, 0.25) is 0 Å². The number of methoxy groups -OCH3 is 1. The van der Waals surface area contributed by atoms with Crippen LogP contribution in [0, 0.1) is 6.92 Å². The van der Waals surface area contributed by atoms with Crippen LogP contribution in [0.1, 0.15) is 16.1 Å². The minimum absolute atomic E-state index is 0.143. The van der Waals surface area contributed by atoms with Gasteiger partial charge in [-0.05, 0) is 43.3 Å². The van der Waals surface area contributed by atoms with E-state index in [1.165, 1.54) is 30.6 Å². The largest absolute Gasteiger partial charge is 0.482 e. The number of esters is 1. The first kappa shape index (κ1) is 22.2. The molecule has 4 nitrogen and oxygen atoms in total. The molecule has 0 bridgehead atoms. The van der Waals surface area contributed by atoms with Crippen molar-refractivity contribution in [3.05, 3.63) is 64.7 Å².